The van der Waals surface area contributed by atoms with Crippen molar-refractivity contribution in [2.75, 3.05) is 42.4 Å². The molecule has 0 spiro atoms. The van der Waals surface area contributed by atoms with Crippen LogP contribution in [0.3, 0.4) is 0 Å². The molecule has 2 atom stereocenters. The molecule has 0 heterocycles. The zero-order chi connectivity index (χ0) is 46.3. The quantitative estimate of drug-likeness (QED) is 0.0398. The number of hydrogen-bond donors (Lipinski definition) is 6. The van der Waals surface area contributed by atoms with E-state index in [4.69, 9.17) is 23.2 Å². The molecule has 0 bridgehead atoms. The van der Waals surface area contributed by atoms with Crippen LogP contribution in [0.2, 0.25) is 10.0 Å². The SMILES string of the molecule is CC[C@@H](Nc1c(Nc2ccc(Cl)c(S(=O)(=O)N(C)C)c2O)c(=O)c1=O)c1cccc(CN(C)S(=O)(=O)c2c(Cl)ccc(Nc3c(NC(c4ccccc4)C(C)C)c(=O)c3=O)c2O)c1. The largest absolute Gasteiger partial charge is 0.504 e. The number of sulfonamides is 2. The van der Waals surface area contributed by atoms with Crippen molar-refractivity contribution in [3.8, 4) is 11.5 Å². The molecular weight excluding hydrogens is 896 g/mol. The van der Waals surface area contributed by atoms with Crippen LogP contribution < -0.4 is 43.0 Å². The van der Waals surface area contributed by atoms with Crippen molar-refractivity contribution in [2.24, 2.45) is 5.92 Å². The maximum Gasteiger partial charge on any atom is 0.253 e. The van der Waals surface area contributed by atoms with Crippen LogP contribution in [0.1, 0.15) is 56.0 Å². The van der Waals surface area contributed by atoms with Crippen LogP contribution in [0.4, 0.5) is 34.1 Å². The summed E-state index contributed by atoms with van der Waals surface area (Å²) < 4.78 is 55.7. The highest BCUT2D eigenvalue weighted by atomic mass is 35.5. The smallest absolute Gasteiger partial charge is 0.253 e. The minimum atomic E-state index is -4.53. The molecule has 63 heavy (non-hydrogen) atoms. The first kappa shape index (κ1) is 46.7. The van der Waals surface area contributed by atoms with Gasteiger partial charge in [0, 0.05) is 27.7 Å². The molecule has 0 fully saturated rings. The highest BCUT2D eigenvalue weighted by Crippen LogP contribution is 2.42. The third-order valence-electron chi connectivity index (χ3n) is 10.5. The Kier molecular flexibility index (Phi) is 13.5. The standard InChI is InChI=1S/C43H44Cl2N6O10S2/c1-7-28(46-32-33(39(55)38(32)54)47-29-18-16-26(44)42(36(29)52)62(58,59)50(4)5)25-15-11-12-23(20-25)21-51(6)63(60,61)43-27(45)17-19-30(37(43)53)48-34-35(41(57)40(34)56)49-31(22(2)3)24-13-9-8-10-14-24/h8-20,22,28,31,46-49,52-53H,7,21H2,1-6H3/t28-,31?/m1/s1. The summed E-state index contributed by atoms with van der Waals surface area (Å²) in [6.07, 6.45) is 0.378. The molecule has 0 saturated carbocycles. The van der Waals surface area contributed by atoms with Crippen molar-refractivity contribution >= 4 is 77.4 Å². The minimum Gasteiger partial charge on any atom is -0.504 e. The normalized spacial score (nSPS) is 13.2. The van der Waals surface area contributed by atoms with Crippen LogP contribution in [0.15, 0.2) is 108 Å². The van der Waals surface area contributed by atoms with E-state index in [1.165, 1.54) is 45.4 Å². The first-order valence-electron chi connectivity index (χ1n) is 19.4. The van der Waals surface area contributed by atoms with Gasteiger partial charge in [0.15, 0.2) is 11.5 Å². The second-order valence-electron chi connectivity index (χ2n) is 15.3. The lowest BCUT2D eigenvalue weighted by Gasteiger charge is -2.26. The van der Waals surface area contributed by atoms with Gasteiger partial charge in [-0.3, -0.25) is 19.2 Å². The Bertz CT molecular complexity index is 3090. The number of rotatable bonds is 18. The van der Waals surface area contributed by atoms with Crippen molar-refractivity contribution in [2.45, 2.75) is 55.6 Å². The second-order valence-corrected chi connectivity index (χ2v) is 20.2. The van der Waals surface area contributed by atoms with Crippen molar-refractivity contribution < 1.29 is 27.0 Å². The number of benzene rings is 4. The van der Waals surface area contributed by atoms with E-state index in [2.05, 4.69) is 21.3 Å². The Labute approximate surface area is 373 Å². The lowest BCUT2D eigenvalue weighted by Crippen LogP contribution is -2.38. The molecule has 6 N–H and O–H groups in total. The van der Waals surface area contributed by atoms with Gasteiger partial charge in [-0.2, -0.15) is 4.31 Å². The second kappa shape index (κ2) is 18.1. The molecule has 6 aromatic carbocycles. The molecule has 0 aromatic heterocycles. The number of anilines is 6. The predicted molar refractivity (Wildman–Crippen MR) is 246 cm³/mol. The number of aromatic hydroxyl groups is 2. The van der Waals surface area contributed by atoms with Crippen LogP contribution in [-0.2, 0) is 26.6 Å². The van der Waals surface area contributed by atoms with E-state index in [0.29, 0.717) is 17.5 Å². The summed E-state index contributed by atoms with van der Waals surface area (Å²) >= 11 is 12.5. The summed E-state index contributed by atoms with van der Waals surface area (Å²) in [6, 6.07) is 20.1. The number of halogens is 2. The Morgan fingerprint density at radius 3 is 1.59 bits per heavy atom. The first-order chi connectivity index (χ1) is 29.6. The van der Waals surface area contributed by atoms with Gasteiger partial charge in [0.05, 0.1) is 33.5 Å². The third kappa shape index (κ3) is 8.91. The molecule has 1 unspecified atom stereocenters. The zero-order valence-electron chi connectivity index (χ0n) is 34.8. The van der Waals surface area contributed by atoms with Crippen molar-refractivity contribution in [3.05, 3.63) is 146 Å². The van der Waals surface area contributed by atoms with E-state index < -0.39 is 69.1 Å². The third-order valence-corrected chi connectivity index (χ3v) is 15.1. The maximum absolute atomic E-state index is 14.1. The highest BCUT2D eigenvalue weighted by molar-refractivity contribution is 7.89. The van der Waals surface area contributed by atoms with Gasteiger partial charge < -0.3 is 31.5 Å². The summed E-state index contributed by atoms with van der Waals surface area (Å²) in [5.74, 6) is -1.53. The summed E-state index contributed by atoms with van der Waals surface area (Å²) in [5.41, 5.74) is -2.29. The van der Waals surface area contributed by atoms with E-state index in [1.807, 2.05) is 51.1 Å². The van der Waals surface area contributed by atoms with E-state index in [-0.39, 0.29) is 62.7 Å². The number of phenols is 2. The van der Waals surface area contributed by atoms with E-state index in [1.54, 1.807) is 24.3 Å². The summed E-state index contributed by atoms with van der Waals surface area (Å²) in [5, 5.41) is 33.3. The van der Waals surface area contributed by atoms with E-state index >= 15 is 0 Å². The number of hydrogen-bond acceptors (Lipinski definition) is 14. The van der Waals surface area contributed by atoms with Gasteiger partial charge >= 0.3 is 0 Å². The Balaban J connectivity index is 1.21. The summed E-state index contributed by atoms with van der Waals surface area (Å²) in [4.78, 5) is 49.9. The molecule has 0 aliphatic heterocycles. The Hall–Kier alpha value is -5.76. The van der Waals surface area contributed by atoms with Gasteiger partial charge in [-0.1, -0.05) is 98.6 Å². The topological polar surface area (TPSA) is 232 Å². The molecule has 0 amide bonds. The number of nitrogens with zero attached hydrogens (tertiary/aromatic N) is 2. The Morgan fingerprint density at radius 2 is 1.10 bits per heavy atom. The predicted octanol–water partition coefficient (Wildman–Crippen LogP) is 6.53. The lowest BCUT2D eigenvalue weighted by atomic mass is 9.95. The van der Waals surface area contributed by atoms with Crippen molar-refractivity contribution in [3.63, 3.8) is 0 Å². The molecule has 20 heteroatoms. The molecular formula is C43H44Cl2N6O10S2. The van der Waals surface area contributed by atoms with Crippen molar-refractivity contribution in [1.29, 1.82) is 0 Å². The van der Waals surface area contributed by atoms with Crippen molar-refractivity contribution in [1.82, 2.24) is 8.61 Å². The fourth-order valence-corrected chi connectivity index (χ4v) is 10.2. The van der Waals surface area contributed by atoms with Crippen LogP contribution in [0.5, 0.6) is 11.5 Å². The van der Waals surface area contributed by atoms with Gasteiger partial charge in [-0.25, -0.2) is 21.1 Å². The van der Waals surface area contributed by atoms with Gasteiger partial charge in [0.2, 0.25) is 20.0 Å². The fraction of sp³-hybridized carbons (Fsp3) is 0.256. The van der Waals surface area contributed by atoms with Gasteiger partial charge in [-0.05, 0) is 53.3 Å². The van der Waals surface area contributed by atoms with Gasteiger partial charge in [0.25, 0.3) is 21.7 Å². The number of phenolic OH excluding ortho intramolecular Hbond substituents is 2. The van der Waals surface area contributed by atoms with E-state index in [0.717, 1.165) is 14.2 Å². The Morgan fingerprint density at radius 1 is 0.619 bits per heavy atom. The summed E-state index contributed by atoms with van der Waals surface area (Å²) in [7, 11) is -4.95. The minimum absolute atomic E-state index is 0.00131. The molecule has 0 saturated heterocycles. The van der Waals surface area contributed by atoms with Gasteiger partial charge in [0.1, 0.15) is 32.5 Å². The average molecular weight is 940 g/mol. The van der Waals surface area contributed by atoms with Crippen LogP contribution >= 0.6 is 23.2 Å². The molecule has 332 valence electrons. The summed E-state index contributed by atoms with van der Waals surface area (Å²) in [6.45, 7) is 5.48. The highest BCUT2D eigenvalue weighted by Gasteiger charge is 2.33. The van der Waals surface area contributed by atoms with Crippen LogP contribution in [-0.4, -0.2) is 56.8 Å². The van der Waals surface area contributed by atoms with Crippen LogP contribution in [0.25, 0.3) is 0 Å². The molecule has 0 aliphatic rings. The monoisotopic (exact) mass is 938 g/mol. The average Bonchev–Trinajstić information content (AvgIpc) is 3.24. The fourth-order valence-electron chi connectivity index (χ4n) is 6.99. The molecule has 16 nitrogen and oxygen atoms in total. The zero-order valence-corrected chi connectivity index (χ0v) is 37.9. The van der Waals surface area contributed by atoms with Crippen LogP contribution in [0, 0.1) is 5.92 Å². The molecule has 6 rings (SSSR count). The lowest BCUT2D eigenvalue weighted by molar-refractivity contribution is 0.441. The maximum atomic E-state index is 14.1. The molecule has 6 aromatic rings. The molecule has 0 aliphatic carbocycles. The van der Waals surface area contributed by atoms with Gasteiger partial charge in [-0.15, -0.1) is 0 Å². The molecule has 0 radical (unpaired) electrons. The number of nitrogens with one attached hydrogen (secondary N) is 4. The van der Waals surface area contributed by atoms with E-state index in [9.17, 15) is 46.2 Å². The first-order valence-corrected chi connectivity index (χ1v) is 23.0.